The Bertz CT molecular complexity index is 585. The van der Waals surface area contributed by atoms with Crippen LogP contribution in [0.2, 0.25) is 0 Å². The molecule has 0 aliphatic rings. The first-order valence-electron chi connectivity index (χ1n) is 6.76. The average molecular weight is 268 g/mol. The first kappa shape index (κ1) is 14.3. The van der Waals surface area contributed by atoms with Gasteiger partial charge in [0.1, 0.15) is 5.82 Å². The molecular weight excluding hydrogens is 248 g/mol. The fourth-order valence-electron chi connectivity index (χ4n) is 1.92. The number of ketones is 1. The molecule has 0 aliphatic heterocycles. The lowest BCUT2D eigenvalue weighted by Gasteiger charge is -2.21. The molecule has 0 spiro atoms. The molecule has 0 bridgehead atoms. The highest BCUT2D eigenvalue weighted by molar-refractivity contribution is 5.97. The Labute approximate surface area is 120 Å². The van der Waals surface area contributed by atoms with E-state index in [1.54, 1.807) is 0 Å². The van der Waals surface area contributed by atoms with E-state index in [0.717, 1.165) is 17.1 Å². The zero-order valence-electron chi connectivity index (χ0n) is 12.2. The van der Waals surface area contributed by atoms with Crippen molar-refractivity contribution >= 4 is 11.6 Å². The number of hydrogen-bond donors (Lipinski definition) is 1. The van der Waals surface area contributed by atoms with E-state index in [2.05, 4.69) is 31.1 Å². The largest absolute Gasteiger partial charge is 0.365 e. The van der Waals surface area contributed by atoms with E-state index in [9.17, 15) is 4.79 Å². The summed E-state index contributed by atoms with van der Waals surface area (Å²) >= 11 is 0. The highest BCUT2D eigenvalue weighted by Gasteiger charge is 2.12. The number of carbonyl (C=O) groups excluding carboxylic acids is 1. The highest BCUT2D eigenvalue weighted by atomic mass is 16.1. The maximum atomic E-state index is 12.2. The molecule has 0 radical (unpaired) electrons. The molecule has 1 aromatic heterocycles. The molecule has 3 nitrogen and oxygen atoms in total. The molecule has 0 atom stereocenters. The van der Waals surface area contributed by atoms with E-state index in [4.69, 9.17) is 0 Å². The second-order valence-electron chi connectivity index (χ2n) is 5.86. The van der Waals surface area contributed by atoms with Crippen molar-refractivity contribution < 1.29 is 4.79 Å². The molecule has 0 saturated heterocycles. The summed E-state index contributed by atoms with van der Waals surface area (Å²) in [7, 11) is 0. The molecule has 0 fully saturated rings. The number of hydrogen-bond acceptors (Lipinski definition) is 3. The molecule has 0 amide bonds. The fraction of sp³-hybridized carbons (Fsp3) is 0.294. The quantitative estimate of drug-likeness (QED) is 0.859. The number of nitrogens with one attached hydrogen (secondary N) is 1. The summed E-state index contributed by atoms with van der Waals surface area (Å²) in [6.07, 6.45) is 0.323. The molecule has 0 aliphatic carbocycles. The van der Waals surface area contributed by atoms with Gasteiger partial charge >= 0.3 is 0 Å². The molecule has 1 N–H and O–H groups in total. The van der Waals surface area contributed by atoms with E-state index in [0.29, 0.717) is 6.42 Å². The third-order valence-electron chi connectivity index (χ3n) is 2.75. The Kier molecular flexibility index (Phi) is 4.18. The number of benzene rings is 1. The molecule has 0 saturated carbocycles. The van der Waals surface area contributed by atoms with Crippen LogP contribution in [0.1, 0.15) is 36.8 Å². The van der Waals surface area contributed by atoms with Crippen LogP contribution in [0, 0.1) is 0 Å². The minimum Gasteiger partial charge on any atom is -0.365 e. The van der Waals surface area contributed by atoms with Gasteiger partial charge < -0.3 is 5.32 Å². The summed E-state index contributed by atoms with van der Waals surface area (Å²) in [5.74, 6) is 0.891. The van der Waals surface area contributed by atoms with Crippen molar-refractivity contribution in [1.82, 2.24) is 4.98 Å². The zero-order valence-corrected chi connectivity index (χ0v) is 12.2. The maximum absolute atomic E-state index is 12.2. The van der Waals surface area contributed by atoms with Gasteiger partial charge in [-0.2, -0.15) is 0 Å². The molecule has 1 aromatic carbocycles. The van der Waals surface area contributed by atoms with Gasteiger partial charge in [0.15, 0.2) is 5.78 Å². The van der Waals surface area contributed by atoms with Crippen LogP contribution >= 0.6 is 0 Å². The van der Waals surface area contributed by atoms with Gasteiger partial charge in [0.25, 0.3) is 0 Å². The number of nitrogens with zero attached hydrogens (tertiary/aromatic N) is 1. The molecule has 1 heterocycles. The van der Waals surface area contributed by atoms with Crippen molar-refractivity contribution in [3.05, 3.63) is 59.8 Å². The summed E-state index contributed by atoms with van der Waals surface area (Å²) < 4.78 is 0. The minimum absolute atomic E-state index is 0.0466. The molecule has 2 aromatic rings. The third kappa shape index (κ3) is 4.19. The van der Waals surface area contributed by atoms with E-state index in [1.165, 1.54) is 0 Å². The summed E-state index contributed by atoms with van der Waals surface area (Å²) in [6, 6.07) is 15.0. The molecule has 2 rings (SSSR count). The van der Waals surface area contributed by atoms with Gasteiger partial charge in [-0.05, 0) is 32.9 Å². The van der Waals surface area contributed by atoms with Gasteiger partial charge in [0.05, 0.1) is 12.1 Å². The van der Waals surface area contributed by atoms with Crippen LogP contribution in [0.25, 0.3) is 0 Å². The Morgan fingerprint density at radius 1 is 1.05 bits per heavy atom. The summed E-state index contributed by atoms with van der Waals surface area (Å²) in [6.45, 7) is 6.24. The first-order chi connectivity index (χ1) is 9.44. The molecule has 20 heavy (non-hydrogen) atoms. The number of aromatic nitrogens is 1. The smallest absolute Gasteiger partial charge is 0.168 e. The lowest BCUT2D eigenvalue weighted by Crippen LogP contribution is -2.26. The SMILES string of the molecule is CC(C)(C)Nc1cccc(CC(=O)c2ccccc2)n1. The Morgan fingerprint density at radius 2 is 1.75 bits per heavy atom. The molecule has 0 unspecified atom stereocenters. The number of anilines is 1. The second kappa shape index (κ2) is 5.87. The normalized spacial score (nSPS) is 11.2. The topological polar surface area (TPSA) is 42.0 Å². The molecule has 3 heteroatoms. The summed E-state index contributed by atoms with van der Waals surface area (Å²) in [4.78, 5) is 16.6. The predicted molar refractivity (Wildman–Crippen MR) is 82.1 cm³/mol. The van der Waals surface area contributed by atoms with E-state index in [1.807, 2.05) is 48.5 Å². The Balaban J connectivity index is 2.10. The summed E-state index contributed by atoms with van der Waals surface area (Å²) in [5.41, 5.74) is 1.46. The van der Waals surface area contributed by atoms with Crippen molar-refractivity contribution in [2.24, 2.45) is 0 Å². The number of Topliss-reactive ketones (excluding diaryl/α,β-unsaturated/α-hetero) is 1. The van der Waals surface area contributed by atoms with E-state index >= 15 is 0 Å². The van der Waals surface area contributed by atoms with Crippen LogP contribution in [0.5, 0.6) is 0 Å². The van der Waals surface area contributed by atoms with Crippen LogP contribution in [0.4, 0.5) is 5.82 Å². The Morgan fingerprint density at radius 3 is 2.40 bits per heavy atom. The maximum Gasteiger partial charge on any atom is 0.168 e. The summed E-state index contributed by atoms with van der Waals surface area (Å²) in [5, 5.41) is 3.31. The highest BCUT2D eigenvalue weighted by Crippen LogP contribution is 2.13. The van der Waals surface area contributed by atoms with Gasteiger partial charge in [-0.25, -0.2) is 4.98 Å². The van der Waals surface area contributed by atoms with Crippen molar-refractivity contribution in [3.8, 4) is 0 Å². The lowest BCUT2D eigenvalue weighted by atomic mass is 10.1. The van der Waals surface area contributed by atoms with Crippen LogP contribution in [-0.2, 0) is 6.42 Å². The van der Waals surface area contributed by atoms with Gasteiger partial charge in [-0.1, -0.05) is 36.4 Å². The van der Waals surface area contributed by atoms with Gasteiger partial charge in [0, 0.05) is 11.1 Å². The monoisotopic (exact) mass is 268 g/mol. The fourth-order valence-corrected chi connectivity index (χ4v) is 1.92. The van der Waals surface area contributed by atoms with Crippen LogP contribution in [0.3, 0.4) is 0 Å². The van der Waals surface area contributed by atoms with Crippen molar-refractivity contribution in [2.45, 2.75) is 32.7 Å². The Hall–Kier alpha value is -2.16. The van der Waals surface area contributed by atoms with Crippen molar-refractivity contribution in [2.75, 3.05) is 5.32 Å². The number of carbonyl (C=O) groups is 1. The zero-order chi connectivity index (χ0) is 14.6. The predicted octanol–water partition coefficient (Wildman–Crippen LogP) is 3.72. The van der Waals surface area contributed by atoms with Crippen LogP contribution in [-0.4, -0.2) is 16.3 Å². The van der Waals surface area contributed by atoms with E-state index < -0.39 is 0 Å². The standard InChI is InChI=1S/C17H20N2O/c1-17(2,3)19-16-11-7-10-14(18-16)12-15(20)13-8-5-4-6-9-13/h4-11H,12H2,1-3H3,(H,18,19). The minimum atomic E-state index is -0.0466. The average Bonchev–Trinajstić information content (AvgIpc) is 2.38. The van der Waals surface area contributed by atoms with Crippen LogP contribution in [0.15, 0.2) is 48.5 Å². The van der Waals surface area contributed by atoms with Crippen molar-refractivity contribution in [3.63, 3.8) is 0 Å². The van der Waals surface area contributed by atoms with Gasteiger partial charge in [-0.3, -0.25) is 4.79 Å². The number of pyridine rings is 1. The second-order valence-corrected chi connectivity index (χ2v) is 5.86. The number of rotatable bonds is 4. The van der Waals surface area contributed by atoms with Gasteiger partial charge in [-0.15, -0.1) is 0 Å². The lowest BCUT2D eigenvalue weighted by molar-refractivity contribution is 0.0992. The van der Waals surface area contributed by atoms with Crippen LogP contribution < -0.4 is 5.32 Å². The first-order valence-corrected chi connectivity index (χ1v) is 6.76. The third-order valence-corrected chi connectivity index (χ3v) is 2.75. The van der Waals surface area contributed by atoms with E-state index in [-0.39, 0.29) is 11.3 Å². The molecule has 104 valence electrons. The molecular formula is C17H20N2O. The van der Waals surface area contributed by atoms with Gasteiger partial charge in [0.2, 0.25) is 0 Å². The van der Waals surface area contributed by atoms with Crippen molar-refractivity contribution in [1.29, 1.82) is 0 Å².